The molecule has 0 aliphatic heterocycles. The van der Waals surface area contributed by atoms with Gasteiger partial charge in [0.05, 0.1) is 5.02 Å². The summed E-state index contributed by atoms with van der Waals surface area (Å²) in [5, 5.41) is 4.04. The molecule has 2 aromatic carbocycles. The lowest BCUT2D eigenvalue weighted by Gasteiger charge is -2.14. The summed E-state index contributed by atoms with van der Waals surface area (Å²) in [6, 6.07) is 12.5. The van der Waals surface area contributed by atoms with Crippen LogP contribution in [0.3, 0.4) is 0 Å². The first-order valence-corrected chi connectivity index (χ1v) is 7.16. The first kappa shape index (κ1) is 14.5. The van der Waals surface area contributed by atoms with Gasteiger partial charge in [0.15, 0.2) is 0 Å². The highest BCUT2D eigenvalue weighted by Gasteiger charge is 2.06. The van der Waals surface area contributed by atoms with E-state index in [0.29, 0.717) is 11.6 Å². The number of hydrogen-bond acceptors (Lipinski definition) is 1. The maximum atomic E-state index is 13.1. The summed E-state index contributed by atoms with van der Waals surface area (Å²) in [7, 11) is 0. The summed E-state index contributed by atoms with van der Waals surface area (Å²) in [6.45, 7) is 2.69. The Kier molecular flexibility index (Phi) is 4.97. The van der Waals surface area contributed by atoms with E-state index >= 15 is 0 Å². The van der Waals surface area contributed by atoms with Crippen molar-refractivity contribution in [2.24, 2.45) is 0 Å². The molecule has 1 nitrogen and oxygen atoms in total. The molecule has 0 saturated carbocycles. The molecule has 0 amide bonds. The molecule has 0 bridgehead atoms. The van der Waals surface area contributed by atoms with Gasteiger partial charge in [0.1, 0.15) is 5.82 Å². The van der Waals surface area contributed by atoms with E-state index in [9.17, 15) is 4.39 Å². The van der Waals surface area contributed by atoms with Gasteiger partial charge in [0, 0.05) is 17.1 Å². The number of benzene rings is 2. The predicted octanol–water partition coefficient (Wildman–Crippen LogP) is 5.09. The fourth-order valence-corrected chi connectivity index (χ4v) is 2.26. The van der Waals surface area contributed by atoms with Crippen LogP contribution in [0.5, 0.6) is 0 Å². The quantitative estimate of drug-likeness (QED) is 0.816. The molecule has 0 aromatic heterocycles. The van der Waals surface area contributed by atoms with Crippen molar-refractivity contribution in [3.05, 3.63) is 68.9 Å². The molecule has 0 heterocycles. The van der Waals surface area contributed by atoms with Crippen LogP contribution in [-0.2, 0) is 6.54 Å². The molecule has 0 fully saturated rings. The third-order valence-corrected chi connectivity index (χ3v) is 4.18. The highest BCUT2D eigenvalue weighted by molar-refractivity contribution is 9.10. The highest BCUT2D eigenvalue weighted by Crippen LogP contribution is 2.23. The maximum absolute atomic E-state index is 13.1. The van der Waals surface area contributed by atoms with E-state index < -0.39 is 0 Å². The van der Waals surface area contributed by atoms with Crippen LogP contribution in [0.1, 0.15) is 24.1 Å². The smallest absolute Gasteiger partial charge is 0.123 e. The van der Waals surface area contributed by atoms with Gasteiger partial charge in [-0.2, -0.15) is 0 Å². The van der Waals surface area contributed by atoms with Crippen LogP contribution in [-0.4, -0.2) is 0 Å². The third-order valence-electron chi connectivity index (χ3n) is 2.95. The first-order chi connectivity index (χ1) is 9.06. The zero-order valence-corrected chi connectivity index (χ0v) is 12.8. The van der Waals surface area contributed by atoms with Gasteiger partial charge in [-0.05, 0) is 58.2 Å². The van der Waals surface area contributed by atoms with E-state index in [2.05, 4.69) is 21.2 Å². The number of hydrogen-bond donors (Lipinski definition) is 1. The van der Waals surface area contributed by atoms with Crippen LogP contribution >= 0.6 is 27.5 Å². The molecule has 0 saturated heterocycles. The van der Waals surface area contributed by atoms with E-state index in [4.69, 9.17) is 11.6 Å². The topological polar surface area (TPSA) is 12.0 Å². The van der Waals surface area contributed by atoms with Crippen molar-refractivity contribution in [1.82, 2.24) is 5.32 Å². The predicted molar refractivity (Wildman–Crippen MR) is 80.8 cm³/mol. The summed E-state index contributed by atoms with van der Waals surface area (Å²) in [6.07, 6.45) is 0. The molecule has 4 heteroatoms. The van der Waals surface area contributed by atoms with Crippen molar-refractivity contribution in [2.45, 2.75) is 19.5 Å². The van der Waals surface area contributed by atoms with Crippen molar-refractivity contribution < 1.29 is 4.39 Å². The Morgan fingerprint density at radius 3 is 2.74 bits per heavy atom. The van der Waals surface area contributed by atoms with E-state index in [1.165, 1.54) is 6.07 Å². The molecular formula is C15H14BrClFN. The van der Waals surface area contributed by atoms with Gasteiger partial charge in [0.2, 0.25) is 0 Å². The molecule has 2 rings (SSSR count). The Balaban J connectivity index is 2.00. The average molecular weight is 343 g/mol. The molecule has 1 atom stereocenters. The largest absolute Gasteiger partial charge is 0.306 e. The van der Waals surface area contributed by atoms with Crippen LogP contribution in [0.25, 0.3) is 0 Å². The fourth-order valence-electron chi connectivity index (χ4n) is 1.81. The van der Waals surface area contributed by atoms with Crippen LogP contribution in [0.2, 0.25) is 5.02 Å². The van der Waals surface area contributed by atoms with Gasteiger partial charge >= 0.3 is 0 Å². The Bertz CT molecular complexity index is 574. The maximum Gasteiger partial charge on any atom is 0.123 e. The minimum absolute atomic E-state index is 0.0816. The molecule has 0 spiro atoms. The van der Waals surface area contributed by atoms with Crippen molar-refractivity contribution in [1.29, 1.82) is 0 Å². The Labute approximate surface area is 125 Å². The molecule has 0 unspecified atom stereocenters. The standard InChI is InChI=1S/C15H14BrClFN/c1-10(12-3-2-4-13(18)8-12)19-9-11-5-6-14(16)15(17)7-11/h2-8,10,19H,9H2,1H3/t10-/m1/s1. The third kappa shape index (κ3) is 4.03. The molecule has 2 aromatic rings. The van der Waals surface area contributed by atoms with Crippen LogP contribution < -0.4 is 5.32 Å². The summed E-state index contributed by atoms with van der Waals surface area (Å²) in [5.41, 5.74) is 2.03. The monoisotopic (exact) mass is 341 g/mol. The number of rotatable bonds is 4. The highest BCUT2D eigenvalue weighted by atomic mass is 79.9. The summed E-state index contributed by atoms with van der Waals surface area (Å²) >= 11 is 9.40. The van der Waals surface area contributed by atoms with E-state index in [-0.39, 0.29) is 11.9 Å². The van der Waals surface area contributed by atoms with Crippen molar-refractivity contribution in [3.8, 4) is 0 Å². The first-order valence-electron chi connectivity index (χ1n) is 5.99. The minimum atomic E-state index is -0.210. The molecule has 19 heavy (non-hydrogen) atoms. The minimum Gasteiger partial charge on any atom is -0.306 e. The van der Waals surface area contributed by atoms with Gasteiger partial charge in [-0.15, -0.1) is 0 Å². The van der Waals surface area contributed by atoms with Gasteiger partial charge in [0.25, 0.3) is 0 Å². The van der Waals surface area contributed by atoms with Crippen LogP contribution in [0, 0.1) is 5.82 Å². The van der Waals surface area contributed by atoms with Crippen molar-refractivity contribution in [2.75, 3.05) is 0 Å². The molecule has 0 aliphatic rings. The Morgan fingerprint density at radius 1 is 1.26 bits per heavy atom. The lowest BCUT2D eigenvalue weighted by molar-refractivity contribution is 0.565. The normalized spacial score (nSPS) is 12.4. The second kappa shape index (κ2) is 6.51. The molecule has 0 aliphatic carbocycles. The molecule has 1 N–H and O–H groups in total. The van der Waals surface area contributed by atoms with Gasteiger partial charge in [-0.3, -0.25) is 0 Å². The Hall–Kier alpha value is -0.900. The number of nitrogens with one attached hydrogen (secondary N) is 1. The van der Waals surface area contributed by atoms with Gasteiger partial charge < -0.3 is 5.32 Å². The second-order valence-corrected chi connectivity index (χ2v) is 5.67. The summed E-state index contributed by atoms with van der Waals surface area (Å²) in [5.74, 6) is -0.210. The second-order valence-electron chi connectivity index (χ2n) is 4.41. The lowest BCUT2D eigenvalue weighted by Crippen LogP contribution is -2.18. The van der Waals surface area contributed by atoms with Gasteiger partial charge in [-0.25, -0.2) is 4.39 Å². The zero-order valence-electron chi connectivity index (χ0n) is 10.5. The van der Waals surface area contributed by atoms with E-state index in [1.54, 1.807) is 12.1 Å². The lowest BCUT2D eigenvalue weighted by atomic mass is 10.1. The van der Waals surface area contributed by atoms with Crippen LogP contribution in [0.4, 0.5) is 4.39 Å². The summed E-state index contributed by atoms with van der Waals surface area (Å²) < 4.78 is 14.0. The fraction of sp³-hybridized carbons (Fsp3) is 0.200. The van der Waals surface area contributed by atoms with Crippen molar-refractivity contribution in [3.63, 3.8) is 0 Å². The Morgan fingerprint density at radius 2 is 2.05 bits per heavy atom. The van der Waals surface area contributed by atoms with Crippen LogP contribution in [0.15, 0.2) is 46.9 Å². The SMILES string of the molecule is C[C@@H](NCc1ccc(Br)c(Cl)c1)c1cccc(F)c1. The van der Waals surface area contributed by atoms with E-state index in [0.717, 1.165) is 15.6 Å². The molecule has 100 valence electrons. The summed E-state index contributed by atoms with van der Waals surface area (Å²) in [4.78, 5) is 0. The average Bonchev–Trinajstić information content (AvgIpc) is 2.40. The van der Waals surface area contributed by atoms with Gasteiger partial charge in [-0.1, -0.05) is 29.8 Å². The molecule has 0 radical (unpaired) electrons. The zero-order chi connectivity index (χ0) is 13.8. The number of halogens is 3. The van der Waals surface area contributed by atoms with E-state index in [1.807, 2.05) is 31.2 Å². The molecular weight excluding hydrogens is 329 g/mol. The van der Waals surface area contributed by atoms with Crippen molar-refractivity contribution >= 4 is 27.5 Å².